The van der Waals surface area contributed by atoms with Crippen molar-refractivity contribution in [2.24, 2.45) is 0 Å². The second-order valence-electron chi connectivity index (χ2n) is 5.00. The van der Waals surface area contributed by atoms with E-state index < -0.39 is 0 Å². The highest BCUT2D eigenvalue weighted by molar-refractivity contribution is 5.73. The Labute approximate surface area is 123 Å². The molecule has 108 valence electrons. The Morgan fingerprint density at radius 1 is 1.14 bits per heavy atom. The highest BCUT2D eigenvalue weighted by Crippen LogP contribution is 2.21. The molecule has 0 aromatic carbocycles. The number of carbonyl (C=O) groups is 1. The minimum atomic E-state index is 0.135. The summed E-state index contributed by atoms with van der Waals surface area (Å²) in [5, 5.41) is 8.03. The highest BCUT2D eigenvalue weighted by atomic mass is 16.2. The van der Waals surface area contributed by atoms with Crippen LogP contribution in [0.4, 0.5) is 5.82 Å². The smallest absolute Gasteiger partial charge is 0.219 e. The standard InChI is InChI=1S/C15H17N5O/c1-12(21)19-7-9-20(10-8-19)15-11-13(4-6-16-15)14-3-2-5-17-18-14/h2-6,11H,7-10H2,1H3. The van der Waals surface area contributed by atoms with E-state index in [1.54, 1.807) is 19.3 Å². The van der Waals surface area contributed by atoms with Gasteiger partial charge in [-0.1, -0.05) is 0 Å². The lowest BCUT2D eigenvalue weighted by Crippen LogP contribution is -2.48. The van der Waals surface area contributed by atoms with E-state index in [1.165, 1.54) is 0 Å². The summed E-state index contributed by atoms with van der Waals surface area (Å²) >= 11 is 0. The molecule has 0 saturated carbocycles. The van der Waals surface area contributed by atoms with Crippen molar-refractivity contribution in [2.75, 3.05) is 31.1 Å². The molecule has 1 amide bonds. The second-order valence-corrected chi connectivity index (χ2v) is 5.00. The van der Waals surface area contributed by atoms with Crippen molar-refractivity contribution in [2.45, 2.75) is 6.92 Å². The van der Waals surface area contributed by atoms with Crippen molar-refractivity contribution < 1.29 is 4.79 Å². The quantitative estimate of drug-likeness (QED) is 0.829. The molecule has 1 aliphatic heterocycles. The fourth-order valence-electron chi connectivity index (χ4n) is 2.46. The van der Waals surface area contributed by atoms with E-state index in [9.17, 15) is 4.79 Å². The third-order valence-corrected chi connectivity index (χ3v) is 3.66. The highest BCUT2D eigenvalue weighted by Gasteiger charge is 2.19. The maximum Gasteiger partial charge on any atom is 0.219 e. The van der Waals surface area contributed by atoms with Gasteiger partial charge in [-0.3, -0.25) is 4.79 Å². The lowest BCUT2D eigenvalue weighted by Gasteiger charge is -2.35. The third kappa shape index (κ3) is 2.99. The minimum absolute atomic E-state index is 0.135. The summed E-state index contributed by atoms with van der Waals surface area (Å²) in [5.41, 5.74) is 1.84. The maximum absolute atomic E-state index is 11.4. The Morgan fingerprint density at radius 3 is 2.62 bits per heavy atom. The zero-order chi connectivity index (χ0) is 14.7. The van der Waals surface area contributed by atoms with Crippen LogP contribution in [0.1, 0.15) is 6.92 Å². The Bertz CT molecular complexity index is 623. The Morgan fingerprint density at radius 2 is 1.95 bits per heavy atom. The molecule has 1 saturated heterocycles. The van der Waals surface area contributed by atoms with Gasteiger partial charge in [0.1, 0.15) is 5.82 Å². The zero-order valence-electron chi connectivity index (χ0n) is 11.9. The number of nitrogens with zero attached hydrogens (tertiary/aromatic N) is 5. The molecule has 0 radical (unpaired) electrons. The zero-order valence-corrected chi connectivity index (χ0v) is 11.9. The molecule has 1 fully saturated rings. The molecule has 0 unspecified atom stereocenters. The molecule has 0 N–H and O–H groups in total. The van der Waals surface area contributed by atoms with Crippen molar-refractivity contribution in [3.8, 4) is 11.3 Å². The van der Waals surface area contributed by atoms with Gasteiger partial charge in [-0.15, -0.1) is 0 Å². The van der Waals surface area contributed by atoms with Crippen LogP contribution in [0.5, 0.6) is 0 Å². The number of pyridine rings is 1. The van der Waals surface area contributed by atoms with Gasteiger partial charge in [-0.25, -0.2) is 4.98 Å². The lowest BCUT2D eigenvalue weighted by molar-refractivity contribution is -0.129. The van der Waals surface area contributed by atoms with Gasteiger partial charge < -0.3 is 9.80 Å². The number of piperazine rings is 1. The summed E-state index contributed by atoms with van der Waals surface area (Å²) in [6.45, 7) is 4.70. The molecular weight excluding hydrogens is 266 g/mol. The molecule has 2 aromatic rings. The molecule has 21 heavy (non-hydrogen) atoms. The van der Waals surface area contributed by atoms with E-state index in [2.05, 4.69) is 20.1 Å². The van der Waals surface area contributed by atoms with Crippen molar-refractivity contribution >= 4 is 11.7 Å². The van der Waals surface area contributed by atoms with Crippen LogP contribution in [0.25, 0.3) is 11.3 Å². The van der Waals surface area contributed by atoms with E-state index in [4.69, 9.17) is 0 Å². The summed E-state index contributed by atoms with van der Waals surface area (Å²) in [6, 6.07) is 7.75. The van der Waals surface area contributed by atoms with Gasteiger partial charge in [0.15, 0.2) is 0 Å². The first-order chi connectivity index (χ1) is 10.2. The molecule has 0 aliphatic carbocycles. The molecule has 2 aromatic heterocycles. The number of anilines is 1. The van der Waals surface area contributed by atoms with Gasteiger partial charge in [0, 0.05) is 51.1 Å². The Kier molecular flexibility index (Phi) is 3.77. The first kappa shape index (κ1) is 13.5. The Hall–Kier alpha value is -2.50. The summed E-state index contributed by atoms with van der Waals surface area (Å²) in [4.78, 5) is 19.8. The van der Waals surface area contributed by atoms with Crippen molar-refractivity contribution in [3.05, 3.63) is 36.7 Å². The number of rotatable bonds is 2. The summed E-state index contributed by atoms with van der Waals surface area (Å²) in [7, 11) is 0. The second kappa shape index (κ2) is 5.87. The van der Waals surface area contributed by atoms with Crippen LogP contribution in [0, 0.1) is 0 Å². The summed E-state index contributed by atoms with van der Waals surface area (Å²) in [5.74, 6) is 1.05. The molecule has 0 bridgehead atoms. The molecule has 0 spiro atoms. The van der Waals surface area contributed by atoms with Crippen molar-refractivity contribution in [1.29, 1.82) is 0 Å². The number of carbonyl (C=O) groups excluding carboxylic acids is 1. The lowest BCUT2D eigenvalue weighted by atomic mass is 10.2. The van der Waals surface area contributed by atoms with Crippen LogP contribution >= 0.6 is 0 Å². The summed E-state index contributed by atoms with van der Waals surface area (Å²) < 4.78 is 0. The van der Waals surface area contributed by atoms with Gasteiger partial charge in [0.2, 0.25) is 5.91 Å². The van der Waals surface area contributed by atoms with Gasteiger partial charge >= 0.3 is 0 Å². The van der Waals surface area contributed by atoms with E-state index in [-0.39, 0.29) is 5.91 Å². The molecule has 0 atom stereocenters. The van der Waals surface area contributed by atoms with Crippen LogP contribution in [-0.2, 0) is 4.79 Å². The molecule has 6 nitrogen and oxygen atoms in total. The fourth-order valence-corrected chi connectivity index (χ4v) is 2.46. The normalized spacial score (nSPS) is 15.1. The maximum atomic E-state index is 11.4. The molecular formula is C15H17N5O. The predicted molar refractivity (Wildman–Crippen MR) is 79.7 cm³/mol. The number of hydrogen-bond donors (Lipinski definition) is 0. The van der Waals surface area contributed by atoms with Gasteiger partial charge in [0.05, 0.1) is 5.69 Å². The van der Waals surface area contributed by atoms with E-state index >= 15 is 0 Å². The molecule has 3 heterocycles. The fraction of sp³-hybridized carbons (Fsp3) is 0.333. The third-order valence-electron chi connectivity index (χ3n) is 3.66. The first-order valence-electron chi connectivity index (χ1n) is 6.98. The van der Waals surface area contributed by atoms with Crippen LogP contribution in [-0.4, -0.2) is 52.2 Å². The van der Waals surface area contributed by atoms with E-state index in [1.807, 2.05) is 29.2 Å². The van der Waals surface area contributed by atoms with Crippen LogP contribution < -0.4 is 4.90 Å². The van der Waals surface area contributed by atoms with Gasteiger partial charge in [-0.05, 0) is 24.3 Å². The van der Waals surface area contributed by atoms with Crippen LogP contribution in [0.2, 0.25) is 0 Å². The number of aromatic nitrogens is 3. The monoisotopic (exact) mass is 283 g/mol. The first-order valence-corrected chi connectivity index (χ1v) is 6.98. The van der Waals surface area contributed by atoms with E-state index in [0.717, 1.165) is 43.3 Å². The molecule has 1 aliphatic rings. The number of hydrogen-bond acceptors (Lipinski definition) is 5. The largest absolute Gasteiger partial charge is 0.353 e. The van der Waals surface area contributed by atoms with Crippen molar-refractivity contribution in [1.82, 2.24) is 20.1 Å². The average Bonchev–Trinajstić information content (AvgIpc) is 2.56. The minimum Gasteiger partial charge on any atom is -0.353 e. The predicted octanol–water partition coefficient (Wildman–Crippen LogP) is 1.21. The Balaban J connectivity index is 1.77. The summed E-state index contributed by atoms with van der Waals surface area (Å²) in [6.07, 6.45) is 3.45. The van der Waals surface area contributed by atoms with Gasteiger partial charge in [-0.2, -0.15) is 10.2 Å². The van der Waals surface area contributed by atoms with Crippen LogP contribution in [0.15, 0.2) is 36.7 Å². The van der Waals surface area contributed by atoms with Gasteiger partial charge in [0.25, 0.3) is 0 Å². The topological polar surface area (TPSA) is 62.2 Å². The van der Waals surface area contributed by atoms with E-state index in [0.29, 0.717) is 0 Å². The number of amides is 1. The molecule has 6 heteroatoms. The SMILES string of the molecule is CC(=O)N1CCN(c2cc(-c3cccnn3)ccn2)CC1. The molecule has 3 rings (SSSR count). The average molecular weight is 283 g/mol. The van der Waals surface area contributed by atoms with Crippen molar-refractivity contribution in [3.63, 3.8) is 0 Å². The van der Waals surface area contributed by atoms with Crippen LogP contribution in [0.3, 0.4) is 0 Å².